The quantitative estimate of drug-likeness (QED) is 0.918. The number of para-hydroxylation sites is 1. The van der Waals surface area contributed by atoms with Gasteiger partial charge in [-0.3, -0.25) is 9.58 Å². The van der Waals surface area contributed by atoms with Crippen molar-refractivity contribution in [2.75, 3.05) is 20.2 Å². The molecule has 22 heavy (non-hydrogen) atoms. The molecule has 2 unspecified atom stereocenters. The number of ether oxygens (including phenoxy) is 1. The van der Waals surface area contributed by atoms with E-state index in [1.165, 1.54) is 10.9 Å². The van der Waals surface area contributed by atoms with E-state index in [1.54, 1.807) is 7.11 Å². The first-order valence-corrected chi connectivity index (χ1v) is 8.18. The number of hydrogen-bond acceptors (Lipinski definition) is 4. The fraction of sp³-hybridized carbons (Fsp3) is 0.588. The van der Waals surface area contributed by atoms with E-state index in [0.717, 1.165) is 38.2 Å². The zero-order valence-electron chi connectivity index (χ0n) is 13.5. The molecule has 1 aliphatic heterocycles. The molecule has 0 spiro atoms. The average Bonchev–Trinajstić information content (AvgIpc) is 2.93. The van der Waals surface area contributed by atoms with Gasteiger partial charge in [0.1, 0.15) is 0 Å². The number of nitrogens with zero attached hydrogens (tertiary/aromatic N) is 3. The average molecular weight is 302 g/mol. The van der Waals surface area contributed by atoms with Crippen LogP contribution in [0.25, 0.3) is 10.9 Å². The first-order valence-electron chi connectivity index (χ1n) is 8.18. The standard InChI is InChI=1S/C17H26N4O/c1-3-21-17-7-5-4-6-15(17)16(19-21)12-20-9-8-14(22-2)10-13(20)11-18/h4-7,13-14H,3,8-12,18H2,1-2H3. The largest absolute Gasteiger partial charge is 0.381 e. The Hall–Kier alpha value is -1.43. The second kappa shape index (κ2) is 6.77. The molecule has 0 amide bonds. The number of piperidine rings is 1. The van der Waals surface area contributed by atoms with Gasteiger partial charge < -0.3 is 10.5 Å². The van der Waals surface area contributed by atoms with Crippen molar-refractivity contribution in [3.63, 3.8) is 0 Å². The SMILES string of the molecule is CCn1nc(CN2CCC(OC)CC2CN)c2ccccc21. The Balaban J connectivity index is 1.83. The molecule has 2 aromatic rings. The Morgan fingerprint density at radius 3 is 2.91 bits per heavy atom. The van der Waals surface area contributed by atoms with Crippen molar-refractivity contribution in [1.82, 2.24) is 14.7 Å². The Morgan fingerprint density at radius 2 is 2.18 bits per heavy atom. The van der Waals surface area contributed by atoms with E-state index in [0.29, 0.717) is 18.7 Å². The van der Waals surface area contributed by atoms with Crippen LogP contribution < -0.4 is 5.73 Å². The number of aromatic nitrogens is 2. The number of fused-ring (bicyclic) bond motifs is 1. The van der Waals surface area contributed by atoms with E-state index in [9.17, 15) is 0 Å². The topological polar surface area (TPSA) is 56.3 Å². The summed E-state index contributed by atoms with van der Waals surface area (Å²) in [6.45, 7) is 5.59. The molecule has 3 rings (SSSR count). The van der Waals surface area contributed by atoms with Gasteiger partial charge in [0.15, 0.2) is 0 Å². The van der Waals surface area contributed by atoms with Gasteiger partial charge in [0.05, 0.1) is 17.3 Å². The highest BCUT2D eigenvalue weighted by atomic mass is 16.5. The van der Waals surface area contributed by atoms with Crippen LogP contribution in [0.1, 0.15) is 25.5 Å². The molecule has 1 aliphatic rings. The third kappa shape index (κ3) is 2.89. The van der Waals surface area contributed by atoms with Gasteiger partial charge in [-0.15, -0.1) is 0 Å². The molecule has 1 fully saturated rings. The van der Waals surface area contributed by atoms with Crippen LogP contribution in [0.2, 0.25) is 0 Å². The van der Waals surface area contributed by atoms with Gasteiger partial charge >= 0.3 is 0 Å². The zero-order chi connectivity index (χ0) is 15.5. The summed E-state index contributed by atoms with van der Waals surface area (Å²) in [6.07, 6.45) is 2.42. The maximum atomic E-state index is 5.99. The van der Waals surface area contributed by atoms with Crippen LogP contribution in [0.5, 0.6) is 0 Å². The molecule has 1 aromatic carbocycles. The van der Waals surface area contributed by atoms with Crippen molar-refractivity contribution in [1.29, 1.82) is 0 Å². The second-order valence-electron chi connectivity index (χ2n) is 6.02. The summed E-state index contributed by atoms with van der Waals surface area (Å²) < 4.78 is 7.60. The molecule has 0 bridgehead atoms. The van der Waals surface area contributed by atoms with E-state index in [4.69, 9.17) is 15.6 Å². The van der Waals surface area contributed by atoms with E-state index >= 15 is 0 Å². The number of methoxy groups -OCH3 is 1. The van der Waals surface area contributed by atoms with Crippen LogP contribution in [0.4, 0.5) is 0 Å². The third-order valence-electron chi connectivity index (χ3n) is 4.78. The van der Waals surface area contributed by atoms with Crippen molar-refractivity contribution in [2.45, 2.75) is 45.0 Å². The van der Waals surface area contributed by atoms with Crippen molar-refractivity contribution >= 4 is 10.9 Å². The second-order valence-corrected chi connectivity index (χ2v) is 6.02. The predicted molar refractivity (Wildman–Crippen MR) is 88.7 cm³/mol. The maximum absolute atomic E-state index is 5.99. The number of aryl methyl sites for hydroxylation is 1. The normalized spacial score (nSPS) is 23.2. The highest BCUT2D eigenvalue weighted by Crippen LogP contribution is 2.24. The Labute approximate surface area is 132 Å². The van der Waals surface area contributed by atoms with E-state index < -0.39 is 0 Å². The highest BCUT2D eigenvalue weighted by molar-refractivity contribution is 5.81. The number of rotatable bonds is 5. The number of nitrogens with two attached hydrogens (primary N) is 1. The van der Waals surface area contributed by atoms with Crippen LogP contribution in [0.3, 0.4) is 0 Å². The van der Waals surface area contributed by atoms with E-state index in [2.05, 4.69) is 40.8 Å². The van der Waals surface area contributed by atoms with Gasteiger partial charge in [-0.1, -0.05) is 18.2 Å². The molecule has 0 radical (unpaired) electrons. The summed E-state index contributed by atoms with van der Waals surface area (Å²) in [5.74, 6) is 0. The first kappa shape index (κ1) is 15.5. The minimum atomic E-state index is 0.342. The molecular formula is C17H26N4O. The van der Waals surface area contributed by atoms with Crippen molar-refractivity contribution in [3.05, 3.63) is 30.0 Å². The minimum absolute atomic E-state index is 0.342. The van der Waals surface area contributed by atoms with Crippen LogP contribution in [-0.2, 0) is 17.8 Å². The lowest BCUT2D eigenvalue weighted by atomic mass is 9.99. The maximum Gasteiger partial charge on any atom is 0.0843 e. The fourth-order valence-electron chi connectivity index (χ4n) is 3.48. The molecule has 1 saturated heterocycles. The van der Waals surface area contributed by atoms with Crippen LogP contribution in [-0.4, -0.2) is 47.0 Å². The summed E-state index contributed by atoms with van der Waals surface area (Å²) >= 11 is 0. The molecule has 2 N–H and O–H groups in total. The molecule has 2 atom stereocenters. The van der Waals surface area contributed by atoms with Gasteiger partial charge in [0.2, 0.25) is 0 Å². The van der Waals surface area contributed by atoms with Gasteiger partial charge in [0, 0.05) is 44.7 Å². The summed E-state index contributed by atoms with van der Waals surface area (Å²) in [5.41, 5.74) is 8.36. The summed E-state index contributed by atoms with van der Waals surface area (Å²) in [5, 5.41) is 6.07. The smallest absolute Gasteiger partial charge is 0.0843 e. The number of hydrogen-bond donors (Lipinski definition) is 1. The highest BCUT2D eigenvalue weighted by Gasteiger charge is 2.28. The molecule has 1 aromatic heterocycles. The molecule has 0 saturated carbocycles. The Bertz CT molecular complexity index is 624. The lowest BCUT2D eigenvalue weighted by molar-refractivity contribution is 0.00986. The monoisotopic (exact) mass is 302 g/mol. The van der Waals surface area contributed by atoms with E-state index in [1.807, 2.05) is 0 Å². The first-order chi connectivity index (χ1) is 10.8. The number of benzene rings is 1. The van der Waals surface area contributed by atoms with Gasteiger partial charge in [0.25, 0.3) is 0 Å². The van der Waals surface area contributed by atoms with E-state index in [-0.39, 0.29) is 0 Å². The third-order valence-corrected chi connectivity index (χ3v) is 4.78. The molecular weight excluding hydrogens is 276 g/mol. The van der Waals surface area contributed by atoms with Crippen molar-refractivity contribution in [2.24, 2.45) is 5.73 Å². The van der Waals surface area contributed by atoms with Gasteiger partial charge in [-0.05, 0) is 25.8 Å². The number of likely N-dealkylation sites (tertiary alicyclic amines) is 1. The van der Waals surface area contributed by atoms with Crippen molar-refractivity contribution in [3.8, 4) is 0 Å². The Morgan fingerprint density at radius 1 is 1.36 bits per heavy atom. The van der Waals surface area contributed by atoms with Crippen LogP contribution >= 0.6 is 0 Å². The summed E-state index contributed by atoms with van der Waals surface area (Å²) in [6, 6.07) is 8.86. The fourth-order valence-corrected chi connectivity index (χ4v) is 3.48. The predicted octanol–water partition coefficient (Wildman–Crippen LogP) is 1.99. The summed E-state index contributed by atoms with van der Waals surface area (Å²) in [7, 11) is 1.80. The molecule has 0 aliphatic carbocycles. The minimum Gasteiger partial charge on any atom is -0.381 e. The Kier molecular flexibility index (Phi) is 4.76. The van der Waals surface area contributed by atoms with Crippen molar-refractivity contribution < 1.29 is 4.74 Å². The van der Waals surface area contributed by atoms with Crippen LogP contribution in [0, 0.1) is 0 Å². The lowest BCUT2D eigenvalue weighted by Crippen LogP contribution is -2.48. The van der Waals surface area contributed by atoms with Gasteiger partial charge in [-0.25, -0.2) is 0 Å². The lowest BCUT2D eigenvalue weighted by Gasteiger charge is -2.38. The summed E-state index contributed by atoms with van der Waals surface area (Å²) in [4.78, 5) is 2.46. The molecule has 5 nitrogen and oxygen atoms in total. The van der Waals surface area contributed by atoms with Gasteiger partial charge in [-0.2, -0.15) is 5.10 Å². The molecule has 2 heterocycles. The zero-order valence-corrected chi connectivity index (χ0v) is 13.5. The molecule has 120 valence electrons. The van der Waals surface area contributed by atoms with Crippen LogP contribution in [0.15, 0.2) is 24.3 Å². The molecule has 5 heteroatoms.